The summed E-state index contributed by atoms with van der Waals surface area (Å²) in [6.45, 7) is 2.46. The number of Topliss-reactive ketones (excluding diaryl/α,β-unsaturated/α-hetero) is 1. The summed E-state index contributed by atoms with van der Waals surface area (Å²) in [6, 6.07) is 5.71. The van der Waals surface area contributed by atoms with E-state index in [0.717, 1.165) is 0 Å². The Bertz CT molecular complexity index is 460. The van der Waals surface area contributed by atoms with E-state index in [-0.39, 0.29) is 18.0 Å². The molecule has 1 aromatic rings. The molecule has 0 aromatic heterocycles. The second-order valence-corrected chi connectivity index (χ2v) is 4.61. The highest BCUT2D eigenvalue weighted by atomic mass is 16.6. The lowest BCUT2D eigenvalue weighted by Crippen LogP contribution is -2.28. The standard InChI is InChI=1S/C13H18N2O4/c1-10(16)6-7-14(2)9-13(17)11-4-3-5-12(8-11)15(18)19/h3-5,8,10,16H,6-7,9H2,1-2H3. The van der Waals surface area contributed by atoms with Crippen LogP contribution in [0, 0.1) is 10.1 Å². The summed E-state index contributed by atoms with van der Waals surface area (Å²) in [5, 5.41) is 19.8. The number of benzene rings is 1. The molecular weight excluding hydrogens is 248 g/mol. The maximum atomic E-state index is 11.9. The molecule has 1 unspecified atom stereocenters. The zero-order chi connectivity index (χ0) is 14.4. The zero-order valence-corrected chi connectivity index (χ0v) is 11.1. The molecule has 0 aliphatic heterocycles. The van der Waals surface area contributed by atoms with Crippen LogP contribution in [0.15, 0.2) is 24.3 Å². The smallest absolute Gasteiger partial charge is 0.270 e. The predicted molar refractivity (Wildman–Crippen MR) is 71.2 cm³/mol. The van der Waals surface area contributed by atoms with E-state index in [4.69, 9.17) is 5.11 Å². The van der Waals surface area contributed by atoms with Crippen molar-refractivity contribution in [1.82, 2.24) is 4.90 Å². The van der Waals surface area contributed by atoms with Crippen molar-refractivity contribution >= 4 is 11.5 Å². The van der Waals surface area contributed by atoms with Crippen LogP contribution in [0.3, 0.4) is 0 Å². The molecule has 0 fully saturated rings. The van der Waals surface area contributed by atoms with Gasteiger partial charge in [-0.25, -0.2) is 0 Å². The molecular formula is C13H18N2O4. The number of hydrogen-bond acceptors (Lipinski definition) is 5. The summed E-state index contributed by atoms with van der Waals surface area (Å²) >= 11 is 0. The lowest BCUT2D eigenvalue weighted by molar-refractivity contribution is -0.384. The fourth-order valence-electron chi connectivity index (χ4n) is 1.62. The Kier molecular flexibility index (Phi) is 5.59. The van der Waals surface area contributed by atoms with Gasteiger partial charge in [0.2, 0.25) is 0 Å². The Morgan fingerprint density at radius 1 is 1.53 bits per heavy atom. The molecule has 0 amide bonds. The van der Waals surface area contributed by atoms with Crippen LogP contribution in [0.1, 0.15) is 23.7 Å². The molecule has 0 heterocycles. The summed E-state index contributed by atoms with van der Waals surface area (Å²) in [6.07, 6.45) is 0.175. The highest BCUT2D eigenvalue weighted by Crippen LogP contribution is 2.13. The average molecular weight is 266 g/mol. The minimum Gasteiger partial charge on any atom is -0.393 e. The molecule has 19 heavy (non-hydrogen) atoms. The number of rotatable bonds is 7. The molecule has 6 nitrogen and oxygen atoms in total. The number of ketones is 1. The number of carbonyl (C=O) groups excluding carboxylic acids is 1. The van der Waals surface area contributed by atoms with Gasteiger partial charge >= 0.3 is 0 Å². The van der Waals surface area contributed by atoms with Crippen molar-refractivity contribution in [3.05, 3.63) is 39.9 Å². The predicted octanol–water partition coefficient (Wildman–Crippen LogP) is 1.48. The summed E-state index contributed by atoms with van der Waals surface area (Å²) in [4.78, 5) is 23.8. The highest BCUT2D eigenvalue weighted by molar-refractivity contribution is 5.98. The van der Waals surface area contributed by atoms with E-state index in [1.165, 1.54) is 18.2 Å². The second kappa shape index (κ2) is 6.96. The van der Waals surface area contributed by atoms with Gasteiger partial charge < -0.3 is 5.11 Å². The van der Waals surface area contributed by atoms with Gasteiger partial charge in [0.1, 0.15) is 0 Å². The first-order valence-corrected chi connectivity index (χ1v) is 6.04. The van der Waals surface area contributed by atoms with Crippen LogP contribution in [-0.4, -0.2) is 47.0 Å². The number of nitrogens with zero attached hydrogens (tertiary/aromatic N) is 2. The molecule has 0 spiro atoms. The summed E-state index contributed by atoms with van der Waals surface area (Å²) in [5.74, 6) is -0.170. The lowest BCUT2D eigenvalue weighted by Gasteiger charge is -2.16. The third-order valence-corrected chi connectivity index (χ3v) is 2.72. The summed E-state index contributed by atoms with van der Waals surface area (Å²) in [5.41, 5.74) is 0.246. The normalized spacial score (nSPS) is 12.4. The van der Waals surface area contributed by atoms with Gasteiger partial charge in [-0.1, -0.05) is 12.1 Å². The average Bonchev–Trinajstić information content (AvgIpc) is 2.36. The van der Waals surface area contributed by atoms with Crippen LogP contribution in [0.4, 0.5) is 5.69 Å². The Balaban J connectivity index is 2.62. The van der Waals surface area contributed by atoms with E-state index in [2.05, 4.69) is 0 Å². The Morgan fingerprint density at radius 2 is 2.21 bits per heavy atom. The zero-order valence-electron chi connectivity index (χ0n) is 11.1. The molecule has 0 radical (unpaired) electrons. The number of nitro benzene ring substituents is 1. The molecule has 0 aliphatic rings. The number of nitro groups is 1. The van der Waals surface area contributed by atoms with Crippen molar-refractivity contribution in [2.24, 2.45) is 0 Å². The SMILES string of the molecule is CC(O)CCN(C)CC(=O)c1cccc([N+](=O)[O-])c1. The van der Waals surface area contributed by atoms with Crippen LogP contribution >= 0.6 is 0 Å². The van der Waals surface area contributed by atoms with Gasteiger partial charge in [-0.3, -0.25) is 19.8 Å². The lowest BCUT2D eigenvalue weighted by atomic mass is 10.1. The summed E-state index contributed by atoms with van der Waals surface area (Å²) in [7, 11) is 1.78. The molecule has 0 bridgehead atoms. The highest BCUT2D eigenvalue weighted by Gasteiger charge is 2.13. The number of aliphatic hydroxyl groups excluding tert-OH is 1. The molecule has 1 atom stereocenters. The van der Waals surface area contributed by atoms with Gasteiger partial charge in [0.05, 0.1) is 17.6 Å². The van der Waals surface area contributed by atoms with Gasteiger partial charge in [-0.05, 0) is 20.4 Å². The van der Waals surface area contributed by atoms with E-state index < -0.39 is 11.0 Å². The van der Waals surface area contributed by atoms with Crippen LogP contribution in [0.25, 0.3) is 0 Å². The van der Waals surface area contributed by atoms with Gasteiger partial charge in [-0.15, -0.1) is 0 Å². The molecule has 1 rings (SSSR count). The van der Waals surface area contributed by atoms with Crippen LogP contribution in [0.5, 0.6) is 0 Å². The number of likely N-dealkylation sites (N-methyl/N-ethyl adjacent to an activating group) is 1. The van der Waals surface area contributed by atoms with Crippen LogP contribution in [-0.2, 0) is 0 Å². The monoisotopic (exact) mass is 266 g/mol. The minimum atomic E-state index is -0.520. The Hall–Kier alpha value is -1.79. The van der Waals surface area contributed by atoms with Crippen molar-refractivity contribution in [1.29, 1.82) is 0 Å². The number of non-ortho nitro benzene ring substituents is 1. The van der Waals surface area contributed by atoms with Crippen LogP contribution in [0.2, 0.25) is 0 Å². The second-order valence-electron chi connectivity index (χ2n) is 4.61. The fourth-order valence-corrected chi connectivity index (χ4v) is 1.62. The van der Waals surface area contributed by atoms with E-state index in [9.17, 15) is 14.9 Å². The molecule has 0 aliphatic carbocycles. The van der Waals surface area contributed by atoms with E-state index in [0.29, 0.717) is 18.5 Å². The van der Waals surface area contributed by atoms with E-state index in [1.807, 2.05) is 0 Å². The maximum Gasteiger partial charge on any atom is 0.270 e. The van der Waals surface area contributed by atoms with Crippen LogP contribution < -0.4 is 0 Å². The summed E-state index contributed by atoms with van der Waals surface area (Å²) < 4.78 is 0. The molecule has 0 saturated heterocycles. The largest absolute Gasteiger partial charge is 0.393 e. The molecule has 1 N–H and O–H groups in total. The first-order chi connectivity index (χ1) is 8.90. The van der Waals surface area contributed by atoms with Crippen molar-refractivity contribution in [3.63, 3.8) is 0 Å². The van der Waals surface area contributed by atoms with Gasteiger partial charge in [-0.2, -0.15) is 0 Å². The van der Waals surface area contributed by atoms with E-state index in [1.54, 1.807) is 24.9 Å². The molecule has 6 heteroatoms. The van der Waals surface area contributed by atoms with E-state index >= 15 is 0 Å². The molecule has 1 aromatic carbocycles. The van der Waals surface area contributed by atoms with Gasteiger partial charge in [0.25, 0.3) is 5.69 Å². The number of hydrogen-bond donors (Lipinski definition) is 1. The van der Waals surface area contributed by atoms with Gasteiger partial charge in [0, 0.05) is 24.2 Å². The first kappa shape index (κ1) is 15.3. The third kappa shape index (κ3) is 5.15. The number of carbonyl (C=O) groups is 1. The quantitative estimate of drug-likeness (QED) is 0.459. The Labute approximate surface area is 111 Å². The maximum absolute atomic E-state index is 11.9. The molecule has 104 valence electrons. The topological polar surface area (TPSA) is 83.7 Å². The fraction of sp³-hybridized carbons (Fsp3) is 0.462. The van der Waals surface area contributed by atoms with Crippen molar-refractivity contribution < 1.29 is 14.8 Å². The van der Waals surface area contributed by atoms with Crippen molar-refractivity contribution in [2.75, 3.05) is 20.1 Å². The number of aliphatic hydroxyl groups is 1. The third-order valence-electron chi connectivity index (χ3n) is 2.72. The van der Waals surface area contributed by atoms with Gasteiger partial charge in [0.15, 0.2) is 5.78 Å². The van der Waals surface area contributed by atoms with Crippen molar-refractivity contribution in [2.45, 2.75) is 19.4 Å². The first-order valence-electron chi connectivity index (χ1n) is 6.04. The molecule has 0 saturated carbocycles. The van der Waals surface area contributed by atoms with Crippen molar-refractivity contribution in [3.8, 4) is 0 Å². The Morgan fingerprint density at radius 3 is 2.79 bits per heavy atom. The minimum absolute atomic E-state index is 0.0857.